The number of nitrogens with zero attached hydrogens (tertiary/aromatic N) is 2. The van der Waals surface area contributed by atoms with Crippen molar-refractivity contribution >= 4 is 17.3 Å². The Morgan fingerprint density at radius 2 is 2.06 bits per heavy atom. The highest BCUT2D eigenvalue weighted by Crippen LogP contribution is 2.11. The average Bonchev–Trinajstić information content (AvgIpc) is 2.68. The molecule has 2 aromatic rings. The summed E-state index contributed by atoms with van der Waals surface area (Å²) in [6, 6.07) is 6.77. The van der Waals surface area contributed by atoms with Gasteiger partial charge in [0.15, 0.2) is 0 Å². The zero-order valence-electron chi connectivity index (χ0n) is 8.60. The lowest BCUT2D eigenvalue weighted by molar-refractivity contribution is 0.101. The Morgan fingerprint density at radius 3 is 2.62 bits per heavy atom. The molecule has 6 heteroatoms. The van der Waals surface area contributed by atoms with Gasteiger partial charge in [0.25, 0.3) is 11.7 Å². The van der Waals surface area contributed by atoms with E-state index >= 15 is 0 Å². The van der Waals surface area contributed by atoms with Crippen LogP contribution < -0.4 is 11.1 Å². The number of rotatable bonds is 2. The van der Waals surface area contributed by atoms with Crippen molar-refractivity contribution in [3.05, 3.63) is 36.0 Å². The molecule has 16 heavy (non-hydrogen) atoms. The molecule has 0 aliphatic heterocycles. The van der Waals surface area contributed by atoms with Crippen LogP contribution in [-0.2, 0) is 0 Å². The van der Waals surface area contributed by atoms with Gasteiger partial charge >= 0.3 is 0 Å². The molecule has 0 aliphatic carbocycles. The molecule has 0 aliphatic rings. The lowest BCUT2D eigenvalue weighted by atomic mass is 10.3. The van der Waals surface area contributed by atoms with Crippen molar-refractivity contribution in [1.29, 1.82) is 0 Å². The third-order valence-electron chi connectivity index (χ3n) is 1.90. The van der Waals surface area contributed by atoms with Crippen LogP contribution in [0.25, 0.3) is 0 Å². The first-order chi connectivity index (χ1) is 7.65. The van der Waals surface area contributed by atoms with Gasteiger partial charge in [0, 0.05) is 18.3 Å². The molecule has 0 saturated heterocycles. The van der Waals surface area contributed by atoms with E-state index in [-0.39, 0.29) is 5.82 Å². The largest absolute Gasteiger partial charge is 0.399 e. The van der Waals surface area contributed by atoms with Gasteiger partial charge in [-0.25, -0.2) is 0 Å². The molecular weight excluding hydrogens is 208 g/mol. The van der Waals surface area contributed by atoms with Gasteiger partial charge in [0.05, 0.1) is 0 Å². The van der Waals surface area contributed by atoms with Crippen molar-refractivity contribution in [2.75, 3.05) is 11.1 Å². The Balaban J connectivity index is 2.10. The average molecular weight is 218 g/mol. The van der Waals surface area contributed by atoms with Crippen LogP contribution in [0.15, 0.2) is 28.8 Å². The highest BCUT2D eigenvalue weighted by molar-refractivity contribution is 6.01. The third-order valence-corrected chi connectivity index (χ3v) is 1.90. The predicted molar refractivity (Wildman–Crippen MR) is 57.8 cm³/mol. The second kappa shape index (κ2) is 4.01. The number of carbonyl (C=O) groups is 1. The first-order valence-electron chi connectivity index (χ1n) is 4.62. The molecule has 0 fully saturated rings. The Labute approximate surface area is 91.5 Å². The number of nitrogens with two attached hydrogens (primary N) is 1. The highest BCUT2D eigenvalue weighted by Gasteiger charge is 2.12. The second-order valence-corrected chi connectivity index (χ2v) is 3.21. The van der Waals surface area contributed by atoms with Crippen LogP contribution in [0.2, 0.25) is 0 Å². The lowest BCUT2D eigenvalue weighted by Gasteiger charge is -2.01. The Hall–Kier alpha value is -2.37. The van der Waals surface area contributed by atoms with Crippen LogP contribution in [0.5, 0.6) is 0 Å². The maximum Gasteiger partial charge on any atom is 0.297 e. The molecule has 0 unspecified atom stereocenters. The number of aryl methyl sites for hydroxylation is 1. The first-order valence-corrected chi connectivity index (χ1v) is 4.62. The summed E-state index contributed by atoms with van der Waals surface area (Å²) in [5.41, 5.74) is 6.78. The number of hydrogen-bond donors (Lipinski definition) is 2. The van der Waals surface area contributed by atoms with Crippen LogP contribution in [0, 0.1) is 6.92 Å². The topological polar surface area (TPSA) is 94.0 Å². The summed E-state index contributed by atoms with van der Waals surface area (Å²) in [6.45, 7) is 1.62. The molecule has 1 heterocycles. The Kier molecular flexibility index (Phi) is 2.55. The molecular formula is C10H10N4O2. The van der Waals surface area contributed by atoms with Crippen molar-refractivity contribution in [1.82, 2.24) is 10.1 Å². The molecule has 0 radical (unpaired) electrons. The zero-order valence-corrected chi connectivity index (χ0v) is 8.60. The smallest absolute Gasteiger partial charge is 0.297 e. The summed E-state index contributed by atoms with van der Waals surface area (Å²) < 4.78 is 4.70. The van der Waals surface area contributed by atoms with Gasteiger partial charge in [-0.15, -0.1) is 0 Å². The van der Waals surface area contributed by atoms with E-state index < -0.39 is 5.91 Å². The number of anilines is 2. The number of hydrogen-bond acceptors (Lipinski definition) is 5. The van der Waals surface area contributed by atoms with Crippen LogP contribution >= 0.6 is 0 Å². The maximum absolute atomic E-state index is 11.6. The second-order valence-electron chi connectivity index (χ2n) is 3.21. The summed E-state index contributed by atoms with van der Waals surface area (Å²) in [5.74, 6) is -0.0570. The fraction of sp³-hybridized carbons (Fsp3) is 0.100. The van der Waals surface area contributed by atoms with Crippen molar-refractivity contribution in [3.8, 4) is 0 Å². The summed E-state index contributed by atoms with van der Waals surface area (Å²) >= 11 is 0. The highest BCUT2D eigenvalue weighted by atomic mass is 16.5. The zero-order chi connectivity index (χ0) is 11.5. The minimum atomic E-state index is -0.415. The van der Waals surface area contributed by atoms with Crippen molar-refractivity contribution < 1.29 is 9.32 Å². The first kappa shape index (κ1) is 10.2. The van der Waals surface area contributed by atoms with Gasteiger partial charge in [-0.1, -0.05) is 5.16 Å². The molecule has 0 saturated carbocycles. The van der Waals surface area contributed by atoms with Crippen molar-refractivity contribution in [2.45, 2.75) is 6.92 Å². The quantitative estimate of drug-likeness (QED) is 0.739. The summed E-state index contributed by atoms with van der Waals surface area (Å²) in [4.78, 5) is 15.4. The van der Waals surface area contributed by atoms with Gasteiger partial charge < -0.3 is 15.6 Å². The molecule has 3 N–H and O–H groups in total. The minimum Gasteiger partial charge on any atom is -0.399 e. The van der Waals surface area contributed by atoms with Gasteiger partial charge in [-0.2, -0.15) is 4.98 Å². The van der Waals surface area contributed by atoms with E-state index in [1.165, 1.54) is 0 Å². The van der Waals surface area contributed by atoms with E-state index in [0.717, 1.165) is 0 Å². The normalized spacial score (nSPS) is 10.1. The lowest BCUT2D eigenvalue weighted by Crippen LogP contribution is -2.13. The van der Waals surface area contributed by atoms with Gasteiger partial charge in [-0.05, 0) is 24.3 Å². The third kappa shape index (κ3) is 2.17. The van der Waals surface area contributed by atoms with E-state index in [1.807, 2.05) is 0 Å². The molecule has 6 nitrogen and oxygen atoms in total. The fourth-order valence-electron chi connectivity index (χ4n) is 1.14. The summed E-state index contributed by atoms with van der Waals surface area (Å²) in [5, 5.41) is 6.13. The van der Waals surface area contributed by atoms with E-state index in [1.54, 1.807) is 31.2 Å². The molecule has 1 aromatic carbocycles. The van der Waals surface area contributed by atoms with Crippen LogP contribution in [0.4, 0.5) is 11.4 Å². The van der Waals surface area contributed by atoms with E-state index in [2.05, 4.69) is 15.5 Å². The monoisotopic (exact) mass is 218 g/mol. The number of nitrogens with one attached hydrogen (secondary N) is 1. The van der Waals surface area contributed by atoms with Gasteiger partial charge in [-0.3, -0.25) is 4.79 Å². The van der Waals surface area contributed by atoms with Crippen LogP contribution in [0.1, 0.15) is 16.5 Å². The van der Waals surface area contributed by atoms with Crippen LogP contribution in [0.3, 0.4) is 0 Å². The predicted octanol–water partition coefficient (Wildman–Crippen LogP) is 1.21. The van der Waals surface area contributed by atoms with Gasteiger partial charge in [0.2, 0.25) is 5.89 Å². The summed E-state index contributed by atoms with van der Waals surface area (Å²) in [7, 11) is 0. The van der Waals surface area contributed by atoms with Crippen molar-refractivity contribution in [2.24, 2.45) is 0 Å². The van der Waals surface area contributed by atoms with E-state index in [4.69, 9.17) is 10.3 Å². The van der Waals surface area contributed by atoms with Crippen molar-refractivity contribution in [3.63, 3.8) is 0 Å². The van der Waals surface area contributed by atoms with Crippen LogP contribution in [-0.4, -0.2) is 16.0 Å². The van der Waals surface area contributed by atoms with E-state index in [9.17, 15) is 4.79 Å². The standard InChI is InChI=1S/C10H10N4O2/c1-6-12-9(14-16-6)10(15)13-8-4-2-7(11)3-5-8/h2-5H,11H2,1H3,(H,13,15). The molecule has 0 spiro atoms. The molecule has 2 rings (SSSR count). The summed E-state index contributed by atoms with van der Waals surface area (Å²) in [6.07, 6.45) is 0. The molecule has 0 atom stereocenters. The molecule has 1 aromatic heterocycles. The number of amides is 1. The Morgan fingerprint density at radius 1 is 1.38 bits per heavy atom. The fourth-order valence-corrected chi connectivity index (χ4v) is 1.14. The number of aromatic nitrogens is 2. The van der Waals surface area contributed by atoms with Gasteiger partial charge in [0.1, 0.15) is 0 Å². The maximum atomic E-state index is 11.6. The molecule has 1 amide bonds. The number of nitrogen functional groups attached to an aromatic ring is 1. The molecule has 0 bridgehead atoms. The SMILES string of the molecule is Cc1nc(C(=O)Nc2ccc(N)cc2)no1. The van der Waals surface area contributed by atoms with E-state index in [0.29, 0.717) is 17.3 Å². The minimum absolute atomic E-state index is 0.00863. The Bertz CT molecular complexity index is 504. The molecule has 82 valence electrons. The number of carbonyl (C=O) groups excluding carboxylic acids is 1. The number of benzene rings is 1.